The molecule has 0 fully saturated rings. The highest BCUT2D eigenvalue weighted by Gasteiger charge is 1.80. The van der Waals surface area contributed by atoms with Gasteiger partial charge in [0.2, 0.25) is 0 Å². The van der Waals surface area contributed by atoms with E-state index < -0.39 is 0 Å². The summed E-state index contributed by atoms with van der Waals surface area (Å²) in [6.45, 7) is 0. The van der Waals surface area contributed by atoms with E-state index in [0.717, 1.165) is 5.75 Å². The summed E-state index contributed by atoms with van der Waals surface area (Å²) < 4.78 is 4.88. The van der Waals surface area contributed by atoms with Gasteiger partial charge < -0.3 is 4.74 Å². The number of rotatable bonds is 1. The van der Waals surface area contributed by atoms with Crippen LogP contribution in [0.15, 0.2) is 24.3 Å². The van der Waals surface area contributed by atoms with E-state index in [4.69, 9.17) is 4.74 Å². The van der Waals surface area contributed by atoms with Gasteiger partial charge >= 0.3 is 16.0 Å². The van der Waals surface area contributed by atoms with Crippen LogP contribution in [0.5, 0.6) is 5.75 Å². The standard InChI is InChI=1S/C7H7O.2BrH.Mg/c1-8-7-5-3-2-4-6-7;;;/h2-3,5-6H,1H3;2*1H;/q;;;+2/p-2. The molecule has 0 N–H and O–H groups in total. The van der Waals surface area contributed by atoms with Gasteiger partial charge in [-0.2, -0.15) is 0 Å². The summed E-state index contributed by atoms with van der Waals surface area (Å²) in [4.78, 5) is 0. The summed E-state index contributed by atoms with van der Waals surface area (Å²) in [5.74, 6) is 0.854. The SMILES string of the molecule is COc1c[c]ccc1.[Br][Mg][Br]. The third-order valence-corrected chi connectivity index (χ3v) is 0.914. The van der Waals surface area contributed by atoms with Gasteiger partial charge in [0.1, 0.15) is 5.75 Å². The summed E-state index contributed by atoms with van der Waals surface area (Å²) in [7, 11) is 1.64. The fourth-order valence-corrected chi connectivity index (χ4v) is 0.504. The van der Waals surface area contributed by atoms with E-state index in [-0.39, 0.29) is 16.0 Å². The number of hydrogen-bond acceptors (Lipinski definition) is 1. The summed E-state index contributed by atoms with van der Waals surface area (Å²) in [6.07, 6.45) is 0. The Morgan fingerprint density at radius 3 is 2.45 bits per heavy atom. The number of benzene rings is 1. The van der Waals surface area contributed by atoms with Gasteiger partial charge in [0, 0.05) is 0 Å². The van der Waals surface area contributed by atoms with Crippen LogP contribution in [0.25, 0.3) is 0 Å². The van der Waals surface area contributed by atoms with Crippen molar-refractivity contribution in [2.45, 2.75) is 0 Å². The molecule has 1 aromatic carbocycles. The Labute approximate surface area is 89.0 Å². The van der Waals surface area contributed by atoms with E-state index >= 15 is 0 Å². The second-order valence-corrected chi connectivity index (χ2v) is 9.63. The number of methoxy groups -OCH3 is 1. The highest BCUT2D eigenvalue weighted by molar-refractivity contribution is 9.47. The van der Waals surface area contributed by atoms with Gasteiger partial charge in [0.15, 0.2) is 0 Å². The molecule has 1 rings (SSSR count). The zero-order valence-corrected chi connectivity index (χ0v) is 10.8. The van der Waals surface area contributed by atoms with Crippen molar-refractivity contribution in [3.63, 3.8) is 0 Å². The molecule has 0 aromatic heterocycles. The largest absolute Gasteiger partial charge is 0.560 e. The highest BCUT2D eigenvalue weighted by atomic mass is 79.9. The Morgan fingerprint density at radius 1 is 1.55 bits per heavy atom. The monoisotopic (exact) mass is 289 g/mol. The quantitative estimate of drug-likeness (QED) is 0.723. The minimum absolute atomic E-state index is 0.0417. The summed E-state index contributed by atoms with van der Waals surface area (Å²) >= 11 is 6.44. The second kappa shape index (κ2) is 8.84. The van der Waals surface area contributed by atoms with Gasteiger partial charge in [-0.05, 0) is 18.2 Å². The van der Waals surface area contributed by atoms with Gasteiger partial charge in [-0.3, -0.25) is 25.8 Å². The number of ether oxygens (including phenoxy) is 1. The molecule has 0 amide bonds. The molecule has 0 heterocycles. The van der Waals surface area contributed by atoms with E-state index in [1.807, 2.05) is 18.2 Å². The third-order valence-electron chi connectivity index (χ3n) is 0.914. The van der Waals surface area contributed by atoms with Gasteiger partial charge in [-0.15, -0.1) is 0 Å². The van der Waals surface area contributed by atoms with Crippen LogP contribution in [-0.4, -0.2) is 23.1 Å². The molecular weight excluding hydrogens is 284 g/mol. The molecule has 0 unspecified atom stereocenters. The minimum atomic E-state index is 0.0417. The summed E-state index contributed by atoms with van der Waals surface area (Å²) in [5, 5.41) is 0. The molecule has 0 aliphatic carbocycles. The van der Waals surface area contributed by atoms with Crippen LogP contribution in [0, 0.1) is 6.07 Å². The maximum atomic E-state index is 4.88. The average molecular weight is 291 g/mol. The lowest BCUT2D eigenvalue weighted by Crippen LogP contribution is -1.78. The van der Waals surface area contributed by atoms with E-state index in [9.17, 15) is 0 Å². The molecule has 4 heteroatoms. The van der Waals surface area contributed by atoms with Crippen molar-refractivity contribution in [2.24, 2.45) is 0 Å². The van der Waals surface area contributed by atoms with Crippen LogP contribution >= 0.6 is 25.8 Å². The molecule has 11 heavy (non-hydrogen) atoms. The van der Waals surface area contributed by atoms with E-state index in [1.165, 1.54) is 0 Å². The third kappa shape index (κ3) is 7.12. The van der Waals surface area contributed by atoms with Crippen molar-refractivity contribution >= 4 is 41.8 Å². The molecule has 0 saturated carbocycles. The molecule has 0 aliphatic heterocycles. The van der Waals surface area contributed by atoms with Gasteiger partial charge in [-0.25, -0.2) is 0 Å². The lowest BCUT2D eigenvalue weighted by molar-refractivity contribution is 0.414. The summed E-state index contributed by atoms with van der Waals surface area (Å²) in [5.41, 5.74) is 0. The predicted molar refractivity (Wildman–Crippen MR) is 55.4 cm³/mol. The Bertz CT molecular complexity index is 169. The zero-order valence-electron chi connectivity index (χ0n) is 6.18. The smallest absolute Gasteiger partial charge is 0.497 e. The molecular formula is C7H7Br2MgO. The van der Waals surface area contributed by atoms with E-state index in [1.54, 1.807) is 13.2 Å². The van der Waals surface area contributed by atoms with Crippen molar-refractivity contribution < 1.29 is 4.74 Å². The van der Waals surface area contributed by atoms with Crippen molar-refractivity contribution in [1.82, 2.24) is 0 Å². The van der Waals surface area contributed by atoms with Crippen LogP contribution in [0.3, 0.4) is 0 Å². The van der Waals surface area contributed by atoms with Gasteiger partial charge in [-0.1, -0.05) is 12.1 Å². The van der Waals surface area contributed by atoms with Gasteiger partial charge in [0.25, 0.3) is 0 Å². The molecule has 1 radical (unpaired) electrons. The van der Waals surface area contributed by atoms with Gasteiger partial charge in [0.05, 0.1) is 7.11 Å². The topological polar surface area (TPSA) is 9.23 Å². The minimum Gasteiger partial charge on any atom is -0.497 e. The Balaban J connectivity index is 0.000000292. The first-order valence-corrected chi connectivity index (χ1v) is 10.8. The van der Waals surface area contributed by atoms with Crippen molar-refractivity contribution in [3.8, 4) is 5.75 Å². The molecule has 1 nitrogen and oxygen atoms in total. The molecule has 1 aromatic rings. The first-order chi connectivity index (χ1) is 5.35. The Kier molecular flexibility index (Phi) is 9.44. The normalized spacial score (nSPS) is 7.18. The average Bonchev–Trinajstić information content (AvgIpc) is 2.08. The molecule has 57 valence electrons. The second-order valence-electron chi connectivity index (χ2n) is 1.54. The maximum Gasteiger partial charge on any atom is 0.560 e. The van der Waals surface area contributed by atoms with Crippen molar-refractivity contribution in [2.75, 3.05) is 7.11 Å². The lowest BCUT2D eigenvalue weighted by Gasteiger charge is -1.93. The first-order valence-electron chi connectivity index (χ1n) is 2.97. The molecule has 0 saturated heterocycles. The van der Waals surface area contributed by atoms with Crippen molar-refractivity contribution in [3.05, 3.63) is 30.3 Å². The Morgan fingerprint density at radius 2 is 2.18 bits per heavy atom. The maximum absolute atomic E-state index is 4.88. The predicted octanol–water partition coefficient (Wildman–Crippen LogP) is 2.81. The fraction of sp³-hybridized carbons (Fsp3) is 0.143. The van der Waals surface area contributed by atoms with Crippen molar-refractivity contribution in [1.29, 1.82) is 0 Å². The van der Waals surface area contributed by atoms with E-state index in [2.05, 4.69) is 31.8 Å². The fourth-order valence-electron chi connectivity index (χ4n) is 0.504. The molecule has 0 spiro atoms. The van der Waals surface area contributed by atoms with Crippen LogP contribution in [0.1, 0.15) is 0 Å². The summed E-state index contributed by atoms with van der Waals surface area (Å²) in [6, 6.07) is 10.3. The zero-order chi connectivity index (χ0) is 8.53. The van der Waals surface area contributed by atoms with Crippen LogP contribution in [0.4, 0.5) is 0 Å². The molecule has 0 aliphatic rings. The van der Waals surface area contributed by atoms with Crippen LogP contribution < -0.4 is 4.74 Å². The molecule has 0 atom stereocenters. The van der Waals surface area contributed by atoms with E-state index in [0.29, 0.717) is 0 Å². The number of hydrogen-bond donors (Lipinski definition) is 0. The highest BCUT2D eigenvalue weighted by Crippen LogP contribution is 2.04. The van der Waals surface area contributed by atoms with Crippen LogP contribution in [0.2, 0.25) is 0 Å². The Hall–Kier alpha value is 0.746. The van der Waals surface area contributed by atoms with Crippen LogP contribution in [-0.2, 0) is 0 Å². The lowest BCUT2D eigenvalue weighted by atomic mass is 10.3. The molecule has 0 bridgehead atoms. The first kappa shape index (κ1) is 11.7. The number of halogens is 2.